The highest BCUT2D eigenvalue weighted by molar-refractivity contribution is 5.98. The van der Waals surface area contributed by atoms with Crippen molar-refractivity contribution in [2.75, 3.05) is 10.6 Å². The van der Waals surface area contributed by atoms with Crippen molar-refractivity contribution in [3.63, 3.8) is 0 Å². The molecule has 4 rings (SSSR count). The van der Waals surface area contributed by atoms with Gasteiger partial charge < -0.3 is 15.4 Å². The highest BCUT2D eigenvalue weighted by Crippen LogP contribution is 2.28. The van der Waals surface area contributed by atoms with Crippen molar-refractivity contribution in [2.45, 2.75) is 18.9 Å². The van der Waals surface area contributed by atoms with Crippen LogP contribution in [0.25, 0.3) is 0 Å². The molecule has 5 heteroatoms. The number of hydrogen-bond donors (Lipinski definition) is 2. The van der Waals surface area contributed by atoms with Crippen molar-refractivity contribution < 1.29 is 14.3 Å². The third-order valence-corrected chi connectivity index (χ3v) is 4.61. The van der Waals surface area contributed by atoms with E-state index in [0.717, 1.165) is 16.8 Å². The lowest BCUT2D eigenvalue weighted by atomic mass is 10.0. The summed E-state index contributed by atoms with van der Waals surface area (Å²) in [5.74, 6) is 0.326. The fourth-order valence-corrected chi connectivity index (χ4v) is 3.19. The Kier molecular flexibility index (Phi) is 5.06. The summed E-state index contributed by atoms with van der Waals surface area (Å²) >= 11 is 0. The minimum Gasteiger partial charge on any atom is -0.476 e. The van der Waals surface area contributed by atoms with Gasteiger partial charge in [0.25, 0.3) is 5.91 Å². The zero-order valence-electron chi connectivity index (χ0n) is 15.2. The van der Waals surface area contributed by atoms with Gasteiger partial charge in [0.05, 0.1) is 0 Å². The Morgan fingerprint density at radius 2 is 1.64 bits per heavy atom. The number of para-hydroxylation sites is 1. The van der Waals surface area contributed by atoms with Crippen LogP contribution >= 0.6 is 0 Å². The molecular weight excluding hydrogens is 352 g/mol. The first-order valence-corrected chi connectivity index (χ1v) is 9.19. The molecule has 0 saturated heterocycles. The van der Waals surface area contributed by atoms with E-state index < -0.39 is 6.10 Å². The van der Waals surface area contributed by atoms with E-state index in [1.165, 1.54) is 0 Å². The Hall–Kier alpha value is -3.60. The molecule has 3 aromatic carbocycles. The summed E-state index contributed by atoms with van der Waals surface area (Å²) in [4.78, 5) is 24.7. The molecule has 0 bridgehead atoms. The van der Waals surface area contributed by atoms with E-state index in [1.54, 1.807) is 6.07 Å². The average molecular weight is 372 g/mol. The third-order valence-electron chi connectivity index (χ3n) is 4.61. The van der Waals surface area contributed by atoms with E-state index >= 15 is 0 Å². The molecule has 28 heavy (non-hydrogen) atoms. The quantitative estimate of drug-likeness (QED) is 0.700. The molecule has 1 aliphatic heterocycles. The zero-order chi connectivity index (χ0) is 19.3. The maximum absolute atomic E-state index is 13.0. The molecular formula is C23H20N2O3. The van der Waals surface area contributed by atoms with Crippen molar-refractivity contribution in [2.24, 2.45) is 0 Å². The zero-order valence-corrected chi connectivity index (χ0v) is 15.2. The topological polar surface area (TPSA) is 67.4 Å². The van der Waals surface area contributed by atoms with Crippen LogP contribution in [0.1, 0.15) is 23.7 Å². The highest BCUT2D eigenvalue weighted by Gasteiger charge is 2.23. The largest absolute Gasteiger partial charge is 0.476 e. The summed E-state index contributed by atoms with van der Waals surface area (Å²) in [7, 11) is 0. The Balaban J connectivity index is 1.57. The van der Waals surface area contributed by atoms with Gasteiger partial charge in [-0.2, -0.15) is 0 Å². The SMILES string of the molecule is O=C1CCc2ccc(NC(=O)[C@@H](Oc3ccccc3)c3ccccc3)cc2N1. The minimum atomic E-state index is -0.797. The molecule has 0 saturated carbocycles. The number of nitrogens with one attached hydrogen (secondary N) is 2. The summed E-state index contributed by atoms with van der Waals surface area (Å²) < 4.78 is 5.98. The van der Waals surface area contributed by atoms with Crippen LogP contribution in [0.4, 0.5) is 11.4 Å². The maximum atomic E-state index is 13.0. The summed E-state index contributed by atoms with van der Waals surface area (Å²) in [6.07, 6.45) is 0.396. The predicted octanol–water partition coefficient (Wildman–Crippen LogP) is 4.33. The van der Waals surface area contributed by atoms with Crippen molar-refractivity contribution >= 4 is 23.2 Å². The fourth-order valence-electron chi connectivity index (χ4n) is 3.19. The van der Waals surface area contributed by atoms with Gasteiger partial charge in [0.15, 0.2) is 0 Å². The second-order valence-electron chi connectivity index (χ2n) is 6.63. The number of amides is 2. The Morgan fingerprint density at radius 3 is 2.39 bits per heavy atom. The van der Waals surface area contributed by atoms with Crippen LogP contribution in [0.2, 0.25) is 0 Å². The first-order chi connectivity index (χ1) is 13.7. The van der Waals surface area contributed by atoms with Crippen LogP contribution in [0.15, 0.2) is 78.9 Å². The molecule has 0 aromatic heterocycles. The smallest absolute Gasteiger partial charge is 0.270 e. The van der Waals surface area contributed by atoms with Crippen LogP contribution in [0.5, 0.6) is 5.75 Å². The van der Waals surface area contributed by atoms with Gasteiger partial charge in [0.2, 0.25) is 12.0 Å². The van der Waals surface area contributed by atoms with Crippen LogP contribution in [-0.4, -0.2) is 11.8 Å². The van der Waals surface area contributed by atoms with Gasteiger partial charge in [-0.25, -0.2) is 0 Å². The van der Waals surface area contributed by atoms with Crippen molar-refractivity contribution in [1.82, 2.24) is 0 Å². The number of ether oxygens (including phenoxy) is 1. The normalized spacial score (nSPS) is 13.8. The second kappa shape index (κ2) is 7.96. The van der Waals surface area contributed by atoms with Gasteiger partial charge in [0, 0.05) is 23.4 Å². The standard InChI is InChI=1S/C23H20N2O3/c26-21-14-12-16-11-13-18(15-20(16)25-21)24-23(27)22(17-7-3-1-4-8-17)28-19-9-5-2-6-10-19/h1-11,13,15,22H,12,14H2,(H,24,27)(H,25,26)/t22-/m0/s1. The molecule has 5 nitrogen and oxygen atoms in total. The number of hydrogen-bond acceptors (Lipinski definition) is 3. The first kappa shape index (κ1) is 17.8. The Bertz CT molecular complexity index is 987. The van der Waals surface area contributed by atoms with Gasteiger partial charge in [-0.05, 0) is 36.2 Å². The number of anilines is 2. The summed E-state index contributed by atoms with van der Waals surface area (Å²) in [6.45, 7) is 0. The van der Waals surface area contributed by atoms with Crippen molar-refractivity contribution in [3.8, 4) is 5.75 Å². The molecule has 0 radical (unpaired) electrons. The Labute approximate surface area is 163 Å². The second-order valence-corrected chi connectivity index (χ2v) is 6.63. The van der Waals surface area contributed by atoms with Crippen LogP contribution < -0.4 is 15.4 Å². The van der Waals surface area contributed by atoms with Gasteiger partial charge in [-0.1, -0.05) is 54.6 Å². The fraction of sp³-hybridized carbons (Fsp3) is 0.130. The van der Waals surface area contributed by atoms with E-state index in [2.05, 4.69) is 10.6 Å². The van der Waals surface area contributed by atoms with Gasteiger partial charge >= 0.3 is 0 Å². The Morgan fingerprint density at radius 1 is 0.929 bits per heavy atom. The number of fused-ring (bicyclic) bond motifs is 1. The number of benzene rings is 3. The number of carbonyl (C=O) groups is 2. The molecule has 0 fully saturated rings. The van der Waals surface area contributed by atoms with E-state index in [1.807, 2.05) is 72.8 Å². The summed E-state index contributed by atoms with van der Waals surface area (Å²) in [5.41, 5.74) is 3.19. The minimum absolute atomic E-state index is 0.00875. The molecule has 1 heterocycles. The first-order valence-electron chi connectivity index (χ1n) is 9.19. The summed E-state index contributed by atoms with van der Waals surface area (Å²) in [6, 6.07) is 24.2. The van der Waals surface area contributed by atoms with Crippen LogP contribution in [0.3, 0.4) is 0 Å². The van der Waals surface area contributed by atoms with Gasteiger partial charge in [0.1, 0.15) is 5.75 Å². The molecule has 0 unspecified atom stereocenters. The molecule has 2 N–H and O–H groups in total. The van der Waals surface area contributed by atoms with Crippen LogP contribution in [-0.2, 0) is 16.0 Å². The van der Waals surface area contributed by atoms with E-state index in [0.29, 0.717) is 24.3 Å². The van der Waals surface area contributed by atoms with Gasteiger partial charge in [-0.15, -0.1) is 0 Å². The average Bonchev–Trinajstić information content (AvgIpc) is 2.73. The maximum Gasteiger partial charge on any atom is 0.270 e. The molecule has 140 valence electrons. The highest BCUT2D eigenvalue weighted by atomic mass is 16.5. The lowest BCUT2D eigenvalue weighted by Crippen LogP contribution is -2.26. The predicted molar refractivity (Wildman–Crippen MR) is 108 cm³/mol. The molecule has 0 spiro atoms. The lowest BCUT2D eigenvalue weighted by molar-refractivity contribution is -0.123. The van der Waals surface area contributed by atoms with E-state index in [9.17, 15) is 9.59 Å². The molecule has 1 atom stereocenters. The van der Waals surface area contributed by atoms with Crippen LogP contribution in [0, 0.1) is 0 Å². The number of carbonyl (C=O) groups excluding carboxylic acids is 2. The number of rotatable bonds is 5. The molecule has 2 amide bonds. The van der Waals surface area contributed by atoms with Crippen molar-refractivity contribution in [3.05, 3.63) is 90.0 Å². The van der Waals surface area contributed by atoms with Gasteiger partial charge in [-0.3, -0.25) is 9.59 Å². The summed E-state index contributed by atoms with van der Waals surface area (Å²) in [5, 5.41) is 5.76. The molecule has 0 aliphatic carbocycles. The molecule has 1 aliphatic rings. The van der Waals surface area contributed by atoms with Crippen molar-refractivity contribution in [1.29, 1.82) is 0 Å². The number of aryl methyl sites for hydroxylation is 1. The van der Waals surface area contributed by atoms with E-state index in [-0.39, 0.29) is 11.8 Å². The lowest BCUT2D eigenvalue weighted by Gasteiger charge is -2.21. The monoisotopic (exact) mass is 372 g/mol. The third kappa shape index (κ3) is 4.04. The molecule has 3 aromatic rings. The van der Waals surface area contributed by atoms with E-state index in [4.69, 9.17) is 4.74 Å².